The summed E-state index contributed by atoms with van der Waals surface area (Å²) >= 11 is 0. The Bertz CT molecular complexity index is 295. The van der Waals surface area contributed by atoms with Gasteiger partial charge in [-0.25, -0.2) is 8.78 Å². The van der Waals surface area contributed by atoms with Crippen LogP contribution in [-0.4, -0.2) is 13.1 Å². The highest BCUT2D eigenvalue weighted by Crippen LogP contribution is 2.20. The van der Waals surface area contributed by atoms with Crippen LogP contribution in [-0.2, 0) is 6.54 Å². The van der Waals surface area contributed by atoms with E-state index in [1.807, 2.05) is 0 Å². The van der Waals surface area contributed by atoms with Crippen molar-refractivity contribution in [3.63, 3.8) is 0 Å². The fourth-order valence-electron chi connectivity index (χ4n) is 1.41. The smallest absolute Gasteiger partial charge is 0.160 e. The molecule has 1 aromatic carbocycles. The highest BCUT2D eigenvalue weighted by molar-refractivity contribution is 5.52. The van der Waals surface area contributed by atoms with Crippen LogP contribution < -0.4 is 10.6 Å². The van der Waals surface area contributed by atoms with Gasteiger partial charge in [0, 0.05) is 31.4 Å². The Balaban J connectivity index is 2.43. The van der Waals surface area contributed by atoms with E-state index in [4.69, 9.17) is 0 Å². The van der Waals surface area contributed by atoms with Crippen molar-refractivity contribution in [2.75, 3.05) is 18.4 Å². The maximum atomic E-state index is 12.8. The molecular weight excluding hydrogens is 174 g/mol. The number of rotatable bonds is 0. The zero-order valence-corrected chi connectivity index (χ0v) is 7.03. The molecule has 1 aromatic rings. The lowest BCUT2D eigenvalue weighted by atomic mass is 10.1. The van der Waals surface area contributed by atoms with Gasteiger partial charge in [0.2, 0.25) is 0 Å². The minimum Gasteiger partial charge on any atom is -0.383 e. The lowest BCUT2D eigenvalue weighted by molar-refractivity contribution is 0.507. The summed E-state index contributed by atoms with van der Waals surface area (Å²) < 4.78 is 25.6. The summed E-state index contributed by atoms with van der Waals surface area (Å²) in [6, 6.07) is 2.44. The molecule has 1 heterocycles. The van der Waals surface area contributed by atoms with Crippen LogP contribution >= 0.6 is 0 Å². The lowest BCUT2D eigenvalue weighted by Gasteiger charge is -2.06. The highest BCUT2D eigenvalue weighted by Gasteiger charge is 2.11. The van der Waals surface area contributed by atoms with Gasteiger partial charge >= 0.3 is 0 Å². The van der Waals surface area contributed by atoms with Gasteiger partial charge in [-0.3, -0.25) is 0 Å². The molecule has 0 unspecified atom stereocenters. The van der Waals surface area contributed by atoms with Crippen molar-refractivity contribution >= 4 is 5.69 Å². The van der Waals surface area contributed by atoms with Crippen molar-refractivity contribution < 1.29 is 8.78 Å². The second kappa shape index (κ2) is 3.30. The maximum absolute atomic E-state index is 12.8. The molecule has 70 valence electrons. The predicted molar refractivity (Wildman–Crippen MR) is 46.6 cm³/mol. The third-order valence-corrected chi connectivity index (χ3v) is 2.08. The van der Waals surface area contributed by atoms with Crippen LogP contribution in [0.25, 0.3) is 0 Å². The summed E-state index contributed by atoms with van der Waals surface area (Å²) in [5.74, 6) is -1.59. The van der Waals surface area contributed by atoms with Crippen LogP contribution in [0.15, 0.2) is 12.1 Å². The van der Waals surface area contributed by atoms with Crippen molar-refractivity contribution in [1.82, 2.24) is 5.32 Å². The number of hydrogen-bond acceptors (Lipinski definition) is 2. The molecule has 4 heteroatoms. The minimum absolute atomic E-state index is 0.583. The maximum Gasteiger partial charge on any atom is 0.160 e. The van der Waals surface area contributed by atoms with Gasteiger partial charge in [-0.15, -0.1) is 0 Å². The highest BCUT2D eigenvalue weighted by atomic mass is 19.2. The third-order valence-electron chi connectivity index (χ3n) is 2.08. The normalized spacial score (nSPS) is 15.8. The summed E-state index contributed by atoms with van der Waals surface area (Å²) in [7, 11) is 0. The quantitative estimate of drug-likeness (QED) is 0.638. The molecule has 0 saturated heterocycles. The molecule has 0 aromatic heterocycles. The average Bonchev–Trinajstić information content (AvgIpc) is 2.31. The third kappa shape index (κ3) is 1.62. The zero-order valence-electron chi connectivity index (χ0n) is 7.03. The van der Waals surface area contributed by atoms with E-state index in [2.05, 4.69) is 10.6 Å². The van der Waals surface area contributed by atoms with Gasteiger partial charge < -0.3 is 10.6 Å². The topological polar surface area (TPSA) is 24.1 Å². The summed E-state index contributed by atoms with van der Waals surface area (Å²) in [6.07, 6.45) is 0. The SMILES string of the molecule is Fc1cc2c(cc1F)NCCNC2. The number of fused-ring (bicyclic) bond motifs is 1. The van der Waals surface area contributed by atoms with E-state index in [1.165, 1.54) is 12.1 Å². The van der Waals surface area contributed by atoms with Crippen molar-refractivity contribution in [2.45, 2.75) is 6.54 Å². The second-order valence-electron chi connectivity index (χ2n) is 3.03. The first-order valence-corrected chi connectivity index (χ1v) is 4.20. The summed E-state index contributed by atoms with van der Waals surface area (Å²) in [6.45, 7) is 2.12. The Morgan fingerprint density at radius 2 is 1.85 bits per heavy atom. The largest absolute Gasteiger partial charge is 0.383 e. The molecule has 13 heavy (non-hydrogen) atoms. The van der Waals surface area contributed by atoms with E-state index in [0.717, 1.165) is 18.7 Å². The van der Waals surface area contributed by atoms with Crippen LogP contribution in [0.5, 0.6) is 0 Å². The van der Waals surface area contributed by atoms with Gasteiger partial charge in [-0.05, 0) is 11.6 Å². The second-order valence-corrected chi connectivity index (χ2v) is 3.03. The molecular formula is C9H10F2N2. The molecule has 2 nitrogen and oxygen atoms in total. The molecule has 0 radical (unpaired) electrons. The molecule has 0 atom stereocenters. The Morgan fingerprint density at radius 3 is 2.69 bits per heavy atom. The van der Waals surface area contributed by atoms with E-state index in [9.17, 15) is 8.78 Å². The number of hydrogen-bond donors (Lipinski definition) is 2. The molecule has 0 fully saturated rings. The Morgan fingerprint density at radius 1 is 1.08 bits per heavy atom. The molecule has 0 bridgehead atoms. The van der Waals surface area contributed by atoms with Crippen LogP contribution in [0.4, 0.5) is 14.5 Å². The van der Waals surface area contributed by atoms with Crippen LogP contribution in [0.2, 0.25) is 0 Å². The van der Waals surface area contributed by atoms with Crippen LogP contribution in [0.3, 0.4) is 0 Å². The molecule has 0 amide bonds. The van der Waals surface area contributed by atoms with Gasteiger partial charge in [0.15, 0.2) is 11.6 Å². The van der Waals surface area contributed by atoms with E-state index in [-0.39, 0.29) is 0 Å². The van der Waals surface area contributed by atoms with E-state index in [0.29, 0.717) is 12.2 Å². The van der Waals surface area contributed by atoms with Crippen LogP contribution in [0, 0.1) is 11.6 Å². The average molecular weight is 184 g/mol. The fourth-order valence-corrected chi connectivity index (χ4v) is 1.41. The fraction of sp³-hybridized carbons (Fsp3) is 0.333. The zero-order chi connectivity index (χ0) is 9.26. The van der Waals surface area contributed by atoms with Gasteiger partial charge in [0.05, 0.1) is 0 Å². The molecule has 2 rings (SSSR count). The van der Waals surface area contributed by atoms with Crippen molar-refractivity contribution in [3.05, 3.63) is 29.3 Å². The predicted octanol–water partition coefficient (Wildman–Crippen LogP) is 1.48. The van der Waals surface area contributed by atoms with Gasteiger partial charge in [-0.2, -0.15) is 0 Å². The van der Waals surface area contributed by atoms with E-state index >= 15 is 0 Å². The molecule has 2 N–H and O–H groups in total. The van der Waals surface area contributed by atoms with E-state index < -0.39 is 11.6 Å². The first-order valence-electron chi connectivity index (χ1n) is 4.20. The number of halogens is 2. The van der Waals surface area contributed by atoms with Crippen LogP contribution in [0.1, 0.15) is 5.56 Å². The van der Waals surface area contributed by atoms with Crippen molar-refractivity contribution in [1.29, 1.82) is 0 Å². The lowest BCUT2D eigenvalue weighted by Crippen LogP contribution is -2.16. The van der Waals surface area contributed by atoms with Crippen molar-refractivity contribution in [2.24, 2.45) is 0 Å². The number of nitrogens with one attached hydrogen (secondary N) is 2. The first-order chi connectivity index (χ1) is 6.27. The first kappa shape index (κ1) is 8.44. The van der Waals surface area contributed by atoms with Gasteiger partial charge in [0.1, 0.15) is 0 Å². The monoisotopic (exact) mass is 184 g/mol. The summed E-state index contributed by atoms with van der Waals surface area (Å²) in [5.41, 5.74) is 1.46. The Hall–Kier alpha value is -1.16. The standard InChI is InChI=1S/C9H10F2N2/c10-7-3-6-5-12-1-2-13-9(6)4-8(7)11/h3-4,12-13H,1-2,5H2. The summed E-state index contributed by atoms with van der Waals surface area (Å²) in [5, 5.41) is 6.12. The number of benzene rings is 1. The van der Waals surface area contributed by atoms with Crippen molar-refractivity contribution in [3.8, 4) is 0 Å². The molecule has 1 aliphatic heterocycles. The Labute approximate surface area is 75.0 Å². The minimum atomic E-state index is -0.798. The molecule has 0 saturated carbocycles. The number of anilines is 1. The van der Waals surface area contributed by atoms with E-state index in [1.54, 1.807) is 0 Å². The summed E-state index contributed by atoms with van der Waals surface area (Å²) in [4.78, 5) is 0. The molecule has 0 spiro atoms. The van der Waals surface area contributed by atoms with Gasteiger partial charge in [-0.1, -0.05) is 0 Å². The Kier molecular flexibility index (Phi) is 2.14. The molecule has 1 aliphatic rings. The molecule has 0 aliphatic carbocycles. The van der Waals surface area contributed by atoms with Gasteiger partial charge in [0.25, 0.3) is 0 Å².